The van der Waals surface area contributed by atoms with Crippen molar-refractivity contribution in [1.29, 1.82) is 0 Å². The average Bonchev–Trinajstić information content (AvgIpc) is 3.37. The molecule has 3 nitrogen and oxygen atoms in total. The molecule has 0 N–H and O–H groups in total. The largest absolute Gasteiger partial charge is 0.305 e. The zero-order valence-corrected chi connectivity index (χ0v) is 14.8. The van der Waals surface area contributed by atoms with Gasteiger partial charge in [0, 0.05) is 26.9 Å². The minimum absolute atomic E-state index is 1.02. The molecule has 0 fully saturated rings. The van der Waals surface area contributed by atoms with Crippen LogP contribution in [-0.4, -0.2) is 13.8 Å². The molecule has 8 aromatic rings. The zero-order chi connectivity index (χ0) is 18.0. The monoisotopic (exact) mass is 355 g/mol. The number of hydrogen-bond donors (Lipinski definition) is 0. The molecule has 128 valence electrons. The Kier molecular flexibility index (Phi) is 1.99. The van der Waals surface area contributed by atoms with E-state index >= 15 is 0 Å². The van der Waals surface area contributed by atoms with Gasteiger partial charge in [-0.1, -0.05) is 54.6 Å². The normalized spacial score (nSPS) is 13.0. The van der Waals surface area contributed by atoms with E-state index in [0.717, 1.165) is 16.7 Å². The SMILES string of the molecule is c1ccc2c(c1)nc1c3cccc4c5cccc6c7cccc(c7n(c56)c43)n21. The summed E-state index contributed by atoms with van der Waals surface area (Å²) < 4.78 is 4.82. The molecule has 0 unspecified atom stereocenters. The highest BCUT2D eigenvalue weighted by atomic mass is 15.0. The van der Waals surface area contributed by atoms with Crippen LogP contribution in [0.15, 0.2) is 78.9 Å². The third-order valence-corrected chi connectivity index (χ3v) is 6.38. The maximum absolute atomic E-state index is 5.07. The molecular formula is C25H13N3. The molecule has 0 aliphatic heterocycles. The molecule has 28 heavy (non-hydrogen) atoms. The van der Waals surface area contributed by atoms with Crippen molar-refractivity contribution in [3.05, 3.63) is 78.9 Å². The number of nitrogens with zero attached hydrogens (tertiary/aromatic N) is 3. The fourth-order valence-electron chi connectivity index (χ4n) is 5.35. The Labute approximate surface area is 158 Å². The van der Waals surface area contributed by atoms with Crippen LogP contribution in [0.4, 0.5) is 0 Å². The van der Waals surface area contributed by atoms with E-state index in [4.69, 9.17) is 4.98 Å². The molecule has 4 aromatic carbocycles. The van der Waals surface area contributed by atoms with Crippen LogP contribution in [0.5, 0.6) is 0 Å². The molecule has 0 bridgehead atoms. The average molecular weight is 355 g/mol. The molecular weight excluding hydrogens is 342 g/mol. The lowest BCUT2D eigenvalue weighted by molar-refractivity contribution is 1.31. The Morgan fingerprint density at radius 1 is 0.464 bits per heavy atom. The third-order valence-electron chi connectivity index (χ3n) is 6.38. The lowest BCUT2D eigenvalue weighted by Gasteiger charge is -2.00. The molecule has 3 heteroatoms. The molecule has 0 aliphatic carbocycles. The second kappa shape index (κ2) is 4.18. The van der Waals surface area contributed by atoms with Crippen molar-refractivity contribution in [3.8, 4) is 0 Å². The van der Waals surface area contributed by atoms with Crippen molar-refractivity contribution in [2.75, 3.05) is 0 Å². The molecule has 0 radical (unpaired) electrons. The van der Waals surface area contributed by atoms with Gasteiger partial charge in [0.1, 0.15) is 5.65 Å². The predicted molar refractivity (Wildman–Crippen MR) is 116 cm³/mol. The van der Waals surface area contributed by atoms with E-state index in [1.54, 1.807) is 0 Å². The van der Waals surface area contributed by atoms with Crippen LogP contribution in [0.25, 0.3) is 65.7 Å². The summed E-state index contributed by atoms with van der Waals surface area (Å²) in [5.41, 5.74) is 8.28. The molecule has 0 spiro atoms. The number of para-hydroxylation sites is 5. The van der Waals surface area contributed by atoms with Gasteiger partial charge in [-0.2, -0.15) is 0 Å². The van der Waals surface area contributed by atoms with Crippen LogP contribution < -0.4 is 0 Å². The van der Waals surface area contributed by atoms with E-state index in [1.165, 1.54) is 49.0 Å². The minimum Gasteiger partial charge on any atom is -0.305 e. The Hall–Kier alpha value is -3.85. The van der Waals surface area contributed by atoms with Crippen LogP contribution in [0.2, 0.25) is 0 Å². The smallest absolute Gasteiger partial charge is 0.147 e. The van der Waals surface area contributed by atoms with Gasteiger partial charge in [0.05, 0.1) is 33.1 Å². The number of hydrogen-bond acceptors (Lipinski definition) is 1. The maximum Gasteiger partial charge on any atom is 0.147 e. The number of rotatable bonds is 0. The molecule has 4 aromatic heterocycles. The molecule has 0 aliphatic rings. The molecule has 0 amide bonds. The van der Waals surface area contributed by atoms with Crippen LogP contribution in [0.3, 0.4) is 0 Å². The molecule has 8 rings (SSSR count). The highest BCUT2D eigenvalue weighted by molar-refractivity contribution is 6.29. The van der Waals surface area contributed by atoms with Gasteiger partial charge in [-0.05, 0) is 24.3 Å². The number of fused-ring (bicyclic) bond motifs is 7. The van der Waals surface area contributed by atoms with Crippen molar-refractivity contribution in [2.45, 2.75) is 0 Å². The number of aromatic nitrogens is 3. The van der Waals surface area contributed by atoms with Crippen LogP contribution in [-0.2, 0) is 0 Å². The van der Waals surface area contributed by atoms with Gasteiger partial charge in [0.15, 0.2) is 0 Å². The Bertz CT molecular complexity index is 1870. The fourth-order valence-corrected chi connectivity index (χ4v) is 5.35. The first kappa shape index (κ1) is 13.3. The predicted octanol–water partition coefficient (Wildman–Crippen LogP) is 6.23. The van der Waals surface area contributed by atoms with Gasteiger partial charge < -0.3 is 4.40 Å². The topological polar surface area (TPSA) is 21.7 Å². The Balaban J connectivity index is 1.95. The molecule has 0 atom stereocenters. The van der Waals surface area contributed by atoms with Crippen molar-refractivity contribution in [1.82, 2.24) is 13.8 Å². The van der Waals surface area contributed by atoms with E-state index in [-0.39, 0.29) is 0 Å². The summed E-state index contributed by atoms with van der Waals surface area (Å²) >= 11 is 0. The van der Waals surface area contributed by atoms with E-state index in [1.807, 2.05) is 0 Å². The molecule has 0 saturated carbocycles. The van der Waals surface area contributed by atoms with E-state index < -0.39 is 0 Å². The second-order valence-electron chi connectivity index (χ2n) is 7.67. The maximum atomic E-state index is 5.07. The van der Waals surface area contributed by atoms with Gasteiger partial charge in [-0.15, -0.1) is 0 Å². The second-order valence-corrected chi connectivity index (χ2v) is 7.67. The van der Waals surface area contributed by atoms with Crippen molar-refractivity contribution < 1.29 is 0 Å². The third kappa shape index (κ3) is 1.25. The number of benzene rings is 4. The first-order valence-corrected chi connectivity index (χ1v) is 9.60. The number of imidazole rings is 1. The van der Waals surface area contributed by atoms with Gasteiger partial charge in [-0.3, -0.25) is 4.40 Å². The Morgan fingerprint density at radius 3 is 1.82 bits per heavy atom. The van der Waals surface area contributed by atoms with Gasteiger partial charge in [0.2, 0.25) is 0 Å². The first-order valence-electron chi connectivity index (χ1n) is 9.60. The first-order chi connectivity index (χ1) is 13.9. The summed E-state index contributed by atoms with van der Waals surface area (Å²) in [6, 6.07) is 28.4. The summed E-state index contributed by atoms with van der Waals surface area (Å²) in [6.45, 7) is 0. The highest BCUT2D eigenvalue weighted by Crippen LogP contribution is 2.43. The minimum atomic E-state index is 1.02. The van der Waals surface area contributed by atoms with Crippen molar-refractivity contribution in [2.24, 2.45) is 0 Å². The van der Waals surface area contributed by atoms with E-state index in [9.17, 15) is 0 Å². The molecule has 0 saturated heterocycles. The summed E-state index contributed by atoms with van der Waals surface area (Å²) in [5.74, 6) is 0. The van der Waals surface area contributed by atoms with Crippen molar-refractivity contribution in [3.63, 3.8) is 0 Å². The lowest BCUT2D eigenvalue weighted by atomic mass is 10.1. The lowest BCUT2D eigenvalue weighted by Crippen LogP contribution is -1.85. The summed E-state index contributed by atoms with van der Waals surface area (Å²) in [4.78, 5) is 5.07. The zero-order valence-electron chi connectivity index (χ0n) is 14.8. The van der Waals surface area contributed by atoms with Crippen molar-refractivity contribution >= 4 is 65.7 Å². The van der Waals surface area contributed by atoms with Crippen LogP contribution in [0.1, 0.15) is 0 Å². The summed E-state index contributed by atoms with van der Waals surface area (Å²) in [7, 11) is 0. The van der Waals surface area contributed by atoms with E-state index in [2.05, 4.69) is 87.7 Å². The van der Waals surface area contributed by atoms with Crippen LogP contribution >= 0.6 is 0 Å². The summed E-state index contributed by atoms with van der Waals surface area (Å²) in [5, 5.41) is 6.45. The van der Waals surface area contributed by atoms with E-state index in [0.29, 0.717) is 0 Å². The molecule has 4 heterocycles. The van der Waals surface area contributed by atoms with Gasteiger partial charge in [-0.25, -0.2) is 4.98 Å². The Morgan fingerprint density at radius 2 is 1.04 bits per heavy atom. The van der Waals surface area contributed by atoms with Gasteiger partial charge >= 0.3 is 0 Å². The fraction of sp³-hybridized carbons (Fsp3) is 0. The quantitative estimate of drug-likeness (QED) is 0.316. The van der Waals surface area contributed by atoms with Gasteiger partial charge in [0.25, 0.3) is 0 Å². The highest BCUT2D eigenvalue weighted by Gasteiger charge is 2.22. The standard InChI is InChI=1S/C25H13N3/c1-2-12-20-19(11-1)26-25-18-10-4-8-15-14-6-3-7-16-17-9-5-13-21(27(20)25)24(17)28(22(14)16)23(15)18/h1-13H. The summed E-state index contributed by atoms with van der Waals surface area (Å²) in [6.07, 6.45) is 0. The van der Waals surface area contributed by atoms with Crippen LogP contribution in [0, 0.1) is 0 Å².